The minimum absolute atomic E-state index is 0.219. The predicted octanol–water partition coefficient (Wildman–Crippen LogP) is 9.31. The van der Waals surface area contributed by atoms with Gasteiger partial charge in [0.15, 0.2) is 0 Å². The summed E-state index contributed by atoms with van der Waals surface area (Å²) in [6, 6.07) is 43.2. The molecule has 0 bridgehead atoms. The van der Waals surface area contributed by atoms with Gasteiger partial charge in [0.05, 0.1) is 22.1 Å². The van der Waals surface area contributed by atoms with E-state index in [1.54, 1.807) is 0 Å². The zero-order valence-electron chi connectivity index (χ0n) is 21.9. The second-order valence-corrected chi connectivity index (χ2v) is 10.0. The fourth-order valence-electron chi connectivity index (χ4n) is 5.86. The molecule has 0 spiro atoms. The Morgan fingerprint density at radius 2 is 1.23 bits per heavy atom. The highest BCUT2D eigenvalue weighted by Gasteiger charge is 2.17. The Hall–Kier alpha value is -5.02. The van der Waals surface area contributed by atoms with Gasteiger partial charge in [-0.2, -0.15) is 0 Å². The van der Waals surface area contributed by atoms with Gasteiger partial charge in [-0.1, -0.05) is 105 Å². The van der Waals surface area contributed by atoms with Crippen LogP contribution in [0.5, 0.6) is 0 Å². The van der Waals surface area contributed by atoms with E-state index in [-0.39, 0.29) is 5.92 Å². The summed E-state index contributed by atoms with van der Waals surface area (Å²) in [6.07, 6.45) is 4.04. The molecule has 0 aliphatic rings. The van der Waals surface area contributed by atoms with E-state index in [0.29, 0.717) is 0 Å². The van der Waals surface area contributed by atoms with Gasteiger partial charge < -0.3 is 9.99 Å². The maximum absolute atomic E-state index is 4.12. The molecule has 0 aliphatic heterocycles. The van der Waals surface area contributed by atoms with Crippen molar-refractivity contribution in [3.8, 4) is 5.69 Å². The molecule has 0 fully saturated rings. The van der Waals surface area contributed by atoms with Gasteiger partial charge in [-0.15, -0.1) is 0 Å². The molecule has 1 N–H and O–H groups in total. The smallest absolute Gasteiger partial charge is 0.0731 e. The largest absolute Gasteiger partial charge is 0.309 e. The molecule has 2 heterocycles. The number of para-hydroxylation sites is 3. The van der Waals surface area contributed by atoms with Crippen LogP contribution >= 0.6 is 0 Å². The number of benzene rings is 5. The van der Waals surface area contributed by atoms with E-state index in [1.165, 1.54) is 38.1 Å². The molecule has 0 radical (unpaired) electrons. The van der Waals surface area contributed by atoms with Gasteiger partial charge in [0.1, 0.15) is 0 Å². The number of fused-ring (bicyclic) bond motifs is 6. The van der Waals surface area contributed by atoms with Crippen LogP contribution < -0.4 is 5.43 Å². The Bertz CT molecular complexity index is 2010. The van der Waals surface area contributed by atoms with Crippen LogP contribution in [0.3, 0.4) is 0 Å². The van der Waals surface area contributed by atoms with Crippen molar-refractivity contribution in [1.82, 2.24) is 9.24 Å². The lowest BCUT2D eigenvalue weighted by Crippen LogP contribution is -2.10. The fourth-order valence-corrected chi connectivity index (χ4v) is 5.86. The molecule has 188 valence electrons. The molecule has 3 nitrogen and oxygen atoms in total. The summed E-state index contributed by atoms with van der Waals surface area (Å²) in [5.74, 6) is 0.219. The van der Waals surface area contributed by atoms with Crippen molar-refractivity contribution in [3.05, 3.63) is 151 Å². The molecule has 1 unspecified atom stereocenters. The standard InChI is InChI=1S/C36H29N3/c1-3-26(25(2)27-14-6-4-7-15-27)24-37-39-34-21-13-11-19-30(34)32-22-31-29-18-10-12-20-33(29)38(35(31)23-36(32)39)28-16-8-5-9-17-28/h3-25,37H,1H2,2H3/b26-24+. The molecule has 7 aromatic rings. The number of nitrogens with zero attached hydrogens (tertiary/aromatic N) is 2. The summed E-state index contributed by atoms with van der Waals surface area (Å²) in [5, 5.41) is 4.97. The lowest BCUT2D eigenvalue weighted by atomic mass is 9.94. The summed E-state index contributed by atoms with van der Waals surface area (Å²) in [6.45, 7) is 6.34. The molecule has 3 heteroatoms. The number of hydrogen-bond donors (Lipinski definition) is 1. The summed E-state index contributed by atoms with van der Waals surface area (Å²) in [7, 11) is 0. The Morgan fingerprint density at radius 3 is 1.95 bits per heavy atom. The van der Waals surface area contributed by atoms with Crippen molar-refractivity contribution >= 4 is 43.6 Å². The molecule has 5 aromatic carbocycles. The summed E-state index contributed by atoms with van der Waals surface area (Å²) < 4.78 is 4.58. The van der Waals surface area contributed by atoms with Crippen LogP contribution in [0, 0.1) is 0 Å². The Kier molecular flexibility index (Phi) is 5.56. The molecular weight excluding hydrogens is 474 g/mol. The van der Waals surface area contributed by atoms with Crippen LogP contribution in [0.4, 0.5) is 0 Å². The van der Waals surface area contributed by atoms with Crippen LogP contribution in [-0.2, 0) is 0 Å². The minimum Gasteiger partial charge on any atom is -0.309 e. The molecule has 0 aliphatic carbocycles. The normalized spacial score (nSPS) is 12.9. The first kappa shape index (κ1) is 23.1. The van der Waals surface area contributed by atoms with Crippen molar-refractivity contribution in [1.29, 1.82) is 0 Å². The topological polar surface area (TPSA) is 21.9 Å². The number of nitrogens with one attached hydrogen (secondary N) is 1. The molecule has 2 aromatic heterocycles. The zero-order valence-corrected chi connectivity index (χ0v) is 21.9. The maximum atomic E-state index is 4.12. The number of aromatic nitrogens is 2. The van der Waals surface area contributed by atoms with Crippen LogP contribution in [0.1, 0.15) is 18.4 Å². The van der Waals surface area contributed by atoms with E-state index < -0.39 is 0 Å². The SMILES string of the molecule is C=C/C(=C\Nn1c2ccccc2c2cc3c4ccccc4n(-c4ccccc4)c3cc21)C(C)c1ccccc1. The summed E-state index contributed by atoms with van der Waals surface area (Å²) in [4.78, 5) is 0. The Balaban J connectivity index is 1.47. The first-order valence-electron chi connectivity index (χ1n) is 13.4. The van der Waals surface area contributed by atoms with Crippen LogP contribution in [-0.4, -0.2) is 9.24 Å². The molecule has 39 heavy (non-hydrogen) atoms. The summed E-state index contributed by atoms with van der Waals surface area (Å²) >= 11 is 0. The van der Waals surface area contributed by atoms with Crippen molar-refractivity contribution in [2.75, 3.05) is 5.43 Å². The van der Waals surface area contributed by atoms with Crippen molar-refractivity contribution in [2.24, 2.45) is 0 Å². The number of rotatable bonds is 6. The average molecular weight is 504 g/mol. The quantitative estimate of drug-likeness (QED) is 0.224. The third-order valence-corrected chi connectivity index (χ3v) is 7.88. The van der Waals surface area contributed by atoms with E-state index in [2.05, 4.69) is 156 Å². The van der Waals surface area contributed by atoms with Gasteiger partial charge in [-0.3, -0.25) is 4.68 Å². The molecular formula is C36H29N3. The highest BCUT2D eigenvalue weighted by molar-refractivity contribution is 6.18. The van der Waals surface area contributed by atoms with E-state index in [1.807, 2.05) is 6.08 Å². The van der Waals surface area contributed by atoms with Crippen molar-refractivity contribution < 1.29 is 0 Å². The van der Waals surface area contributed by atoms with Crippen LogP contribution in [0.15, 0.2) is 146 Å². The third-order valence-electron chi connectivity index (χ3n) is 7.88. The second-order valence-electron chi connectivity index (χ2n) is 10.0. The fraction of sp³-hybridized carbons (Fsp3) is 0.0556. The average Bonchev–Trinajstić information content (AvgIpc) is 3.49. The van der Waals surface area contributed by atoms with Crippen molar-refractivity contribution in [3.63, 3.8) is 0 Å². The van der Waals surface area contributed by atoms with E-state index >= 15 is 0 Å². The number of allylic oxidation sites excluding steroid dienone is 2. The third kappa shape index (κ3) is 3.74. The zero-order chi connectivity index (χ0) is 26.3. The molecule has 0 saturated heterocycles. The van der Waals surface area contributed by atoms with E-state index in [4.69, 9.17) is 0 Å². The predicted molar refractivity (Wildman–Crippen MR) is 166 cm³/mol. The lowest BCUT2D eigenvalue weighted by molar-refractivity contribution is 0.909. The molecule has 0 amide bonds. The second kappa shape index (κ2) is 9.38. The minimum atomic E-state index is 0.219. The van der Waals surface area contributed by atoms with Gasteiger partial charge in [0.25, 0.3) is 0 Å². The lowest BCUT2D eigenvalue weighted by Gasteiger charge is -2.15. The Morgan fingerprint density at radius 1 is 0.641 bits per heavy atom. The van der Waals surface area contributed by atoms with E-state index in [9.17, 15) is 0 Å². The number of hydrogen-bond acceptors (Lipinski definition) is 1. The van der Waals surface area contributed by atoms with Gasteiger partial charge >= 0.3 is 0 Å². The van der Waals surface area contributed by atoms with Gasteiger partial charge in [0, 0.05) is 39.4 Å². The summed E-state index contributed by atoms with van der Waals surface area (Å²) in [5.41, 5.74) is 11.9. The molecule has 1 atom stereocenters. The monoisotopic (exact) mass is 503 g/mol. The van der Waals surface area contributed by atoms with Gasteiger partial charge in [0.2, 0.25) is 0 Å². The highest BCUT2D eigenvalue weighted by atomic mass is 15.4. The van der Waals surface area contributed by atoms with Gasteiger partial charge in [-0.05, 0) is 47.5 Å². The molecule has 0 saturated carbocycles. The molecule has 7 rings (SSSR count). The van der Waals surface area contributed by atoms with Crippen LogP contribution in [0.25, 0.3) is 49.3 Å². The van der Waals surface area contributed by atoms with Gasteiger partial charge in [-0.25, -0.2) is 0 Å². The maximum Gasteiger partial charge on any atom is 0.0731 e. The van der Waals surface area contributed by atoms with Crippen LogP contribution in [0.2, 0.25) is 0 Å². The first-order chi connectivity index (χ1) is 19.2. The highest BCUT2D eigenvalue weighted by Crippen LogP contribution is 2.38. The van der Waals surface area contributed by atoms with Crippen molar-refractivity contribution in [2.45, 2.75) is 12.8 Å². The Labute approximate surface area is 227 Å². The van der Waals surface area contributed by atoms with E-state index in [0.717, 1.165) is 22.3 Å². The first-order valence-corrected chi connectivity index (χ1v) is 13.4.